The summed E-state index contributed by atoms with van der Waals surface area (Å²) in [5.41, 5.74) is 1.72. The summed E-state index contributed by atoms with van der Waals surface area (Å²) in [6.45, 7) is 5.37. The monoisotopic (exact) mass is 406 g/mol. The number of piperidine rings is 1. The van der Waals surface area contributed by atoms with Crippen molar-refractivity contribution < 1.29 is 13.2 Å². The van der Waals surface area contributed by atoms with Crippen LogP contribution in [0.25, 0.3) is 0 Å². The number of amides is 1. The number of nitrogens with zero attached hydrogens (tertiary/aromatic N) is 1. The van der Waals surface area contributed by atoms with Gasteiger partial charge in [0, 0.05) is 24.3 Å². The van der Waals surface area contributed by atoms with Crippen LogP contribution in [0.1, 0.15) is 35.7 Å². The number of halogens is 1. The van der Waals surface area contributed by atoms with Crippen molar-refractivity contribution in [1.82, 2.24) is 4.90 Å². The Labute approximate surface area is 165 Å². The predicted molar refractivity (Wildman–Crippen MR) is 108 cm³/mol. The fourth-order valence-corrected chi connectivity index (χ4v) is 4.89. The Hall–Kier alpha value is -2.05. The first-order valence-corrected chi connectivity index (χ1v) is 10.8. The smallest absolute Gasteiger partial charge is 0.263 e. The highest BCUT2D eigenvalue weighted by Crippen LogP contribution is 2.27. The zero-order chi connectivity index (χ0) is 19.6. The first-order chi connectivity index (χ1) is 12.8. The molecule has 144 valence electrons. The van der Waals surface area contributed by atoms with E-state index in [1.54, 1.807) is 29.2 Å². The van der Waals surface area contributed by atoms with E-state index in [4.69, 9.17) is 11.6 Å². The average molecular weight is 407 g/mol. The lowest BCUT2D eigenvalue weighted by atomic mass is 9.99. The first-order valence-electron chi connectivity index (χ1n) is 8.94. The van der Waals surface area contributed by atoms with Crippen molar-refractivity contribution in [3.05, 3.63) is 58.6 Å². The molecule has 0 aliphatic carbocycles. The number of sulfonamides is 1. The van der Waals surface area contributed by atoms with Gasteiger partial charge in [-0.1, -0.05) is 30.7 Å². The van der Waals surface area contributed by atoms with Crippen molar-refractivity contribution in [2.45, 2.75) is 31.6 Å². The third kappa shape index (κ3) is 4.62. The molecule has 0 saturated carbocycles. The second-order valence-corrected chi connectivity index (χ2v) is 9.18. The highest BCUT2D eigenvalue weighted by atomic mass is 35.5. The quantitative estimate of drug-likeness (QED) is 0.822. The zero-order valence-corrected chi connectivity index (χ0v) is 17.0. The summed E-state index contributed by atoms with van der Waals surface area (Å²) in [6.07, 6.45) is 2.06. The van der Waals surface area contributed by atoms with Gasteiger partial charge in [0.1, 0.15) is 4.90 Å². The highest BCUT2D eigenvalue weighted by molar-refractivity contribution is 7.92. The minimum Gasteiger partial charge on any atom is -0.338 e. The molecule has 1 aliphatic heterocycles. The Kier molecular flexibility index (Phi) is 5.77. The molecule has 0 spiro atoms. The van der Waals surface area contributed by atoms with E-state index in [1.807, 2.05) is 13.0 Å². The highest BCUT2D eigenvalue weighted by Gasteiger charge is 2.25. The molecular weight excluding hydrogens is 384 g/mol. The van der Waals surface area contributed by atoms with Crippen LogP contribution in [0.4, 0.5) is 5.69 Å². The van der Waals surface area contributed by atoms with E-state index >= 15 is 0 Å². The molecule has 27 heavy (non-hydrogen) atoms. The molecule has 1 saturated heterocycles. The lowest BCUT2D eigenvalue weighted by Gasteiger charge is -2.31. The number of anilines is 1. The summed E-state index contributed by atoms with van der Waals surface area (Å²) in [6, 6.07) is 11.5. The van der Waals surface area contributed by atoms with Crippen molar-refractivity contribution in [2.75, 3.05) is 17.8 Å². The number of benzene rings is 2. The van der Waals surface area contributed by atoms with Crippen LogP contribution < -0.4 is 4.72 Å². The van der Waals surface area contributed by atoms with Crippen molar-refractivity contribution >= 4 is 33.2 Å². The molecule has 1 atom stereocenters. The molecule has 0 aromatic heterocycles. The van der Waals surface area contributed by atoms with Crippen LogP contribution in [0.2, 0.25) is 5.02 Å². The van der Waals surface area contributed by atoms with Crippen LogP contribution in [0.5, 0.6) is 0 Å². The van der Waals surface area contributed by atoms with Gasteiger partial charge in [-0.3, -0.25) is 9.52 Å². The van der Waals surface area contributed by atoms with Gasteiger partial charge in [-0.05, 0) is 61.6 Å². The predicted octanol–water partition coefficient (Wildman–Crippen LogP) is 4.32. The standard InChI is InChI=1S/C20H23ClN2O3S/c1-14-5-3-7-17(11-14)22-27(25,26)19-12-16(8-9-18(19)21)20(24)23-10-4-6-15(2)13-23/h3,5,7-9,11-12,15,22H,4,6,10,13H2,1-2H3/t15-/m0/s1. The summed E-state index contributed by atoms with van der Waals surface area (Å²) < 4.78 is 28.2. The van der Waals surface area contributed by atoms with Gasteiger partial charge in [-0.25, -0.2) is 8.42 Å². The lowest BCUT2D eigenvalue weighted by Crippen LogP contribution is -2.39. The van der Waals surface area contributed by atoms with E-state index in [0.717, 1.165) is 18.4 Å². The number of aryl methyl sites for hydroxylation is 1. The molecular formula is C20H23ClN2O3S. The maximum Gasteiger partial charge on any atom is 0.263 e. The van der Waals surface area contributed by atoms with E-state index in [-0.39, 0.29) is 15.8 Å². The van der Waals surface area contributed by atoms with Gasteiger partial charge >= 0.3 is 0 Å². The Morgan fingerprint density at radius 1 is 1.22 bits per heavy atom. The van der Waals surface area contributed by atoms with Crippen LogP contribution in [0, 0.1) is 12.8 Å². The summed E-state index contributed by atoms with van der Waals surface area (Å²) in [4.78, 5) is 14.5. The van der Waals surface area contributed by atoms with E-state index in [9.17, 15) is 13.2 Å². The molecule has 7 heteroatoms. The molecule has 1 aliphatic rings. The minimum absolute atomic E-state index is 0.0821. The topological polar surface area (TPSA) is 66.5 Å². The van der Waals surface area contributed by atoms with Crippen LogP contribution in [-0.4, -0.2) is 32.3 Å². The van der Waals surface area contributed by atoms with E-state index < -0.39 is 10.0 Å². The van der Waals surface area contributed by atoms with Crippen molar-refractivity contribution in [1.29, 1.82) is 0 Å². The second kappa shape index (κ2) is 7.90. The molecule has 1 amide bonds. The van der Waals surface area contributed by atoms with Crippen LogP contribution in [0.15, 0.2) is 47.4 Å². The first kappa shape index (κ1) is 19.7. The Morgan fingerprint density at radius 3 is 2.70 bits per heavy atom. The molecule has 1 N–H and O–H groups in total. The van der Waals surface area contributed by atoms with E-state index in [2.05, 4.69) is 11.6 Å². The molecule has 0 radical (unpaired) electrons. The molecule has 3 rings (SSSR count). The SMILES string of the molecule is Cc1cccc(NS(=O)(=O)c2cc(C(=O)N3CCC[C@H](C)C3)ccc2Cl)c1. The molecule has 0 unspecified atom stereocenters. The maximum atomic E-state index is 12.8. The van der Waals surface area contributed by atoms with Gasteiger partial charge in [0.15, 0.2) is 0 Å². The number of carbonyl (C=O) groups is 1. The van der Waals surface area contributed by atoms with Gasteiger partial charge in [0.25, 0.3) is 15.9 Å². The van der Waals surface area contributed by atoms with Crippen molar-refractivity contribution in [3.63, 3.8) is 0 Å². The van der Waals surface area contributed by atoms with Crippen LogP contribution in [0.3, 0.4) is 0 Å². The van der Waals surface area contributed by atoms with E-state index in [1.165, 1.54) is 12.1 Å². The number of hydrogen-bond donors (Lipinski definition) is 1. The lowest BCUT2D eigenvalue weighted by molar-refractivity contribution is 0.0683. The van der Waals surface area contributed by atoms with E-state index in [0.29, 0.717) is 30.3 Å². The Morgan fingerprint density at radius 2 is 2.00 bits per heavy atom. The molecule has 0 bridgehead atoms. The Bertz CT molecular complexity index is 959. The molecule has 2 aromatic carbocycles. The fraction of sp³-hybridized carbons (Fsp3) is 0.350. The van der Waals surface area contributed by atoms with Gasteiger partial charge in [-0.15, -0.1) is 0 Å². The van der Waals surface area contributed by atoms with Gasteiger partial charge in [0.2, 0.25) is 0 Å². The maximum absolute atomic E-state index is 12.8. The number of rotatable bonds is 4. The fourth-order valence-electron chi connectivity index (χ4n) is 3.32. The summed E-state index contributed by atoms with van der Waals surface area (Å²) >= 11 is 6.15. The number of nitrogens with one attached hydrogen (secondary N) is 1. The molecule has 5 nitrogen and oxygen atoms in total. The van der Waals surface area contributed by atoms with Crippen LogP contribution in [-0.2, 0) is 10.0 Å². The largest absolute Gasteiger partial charge is 0.338 e. The second-order valence-electron chi connectivity index (χ2n) is 7.12. The third-order valence-corrected chi connectivity index (χ3v) is 6.55. The number of carbonyl (C=O) groups excluding carboxylic acids is 1. The van der Waals surface area contributed by atoms with Gasteiger partial charge < -0.3 is 4.90 Å². The molecule has 1 fully saturated rings. The number of hydrogen-bond acceptors (Lipinski definition) is 3. The number of likely N-dealkylation sites (tertiary alicyclic amines) is 1. The molecule has 2 aromatic rings. The normalized spacial score (nSPS) is 17.6. The van der Waals surface area contributed by atoms with Crippen molar-refractivity contribution in [2.24, 2.45) is 5.92 Å². The van der Waals surface area contributed by atoms with Gasteiger partial charge in [-0.2, -0.15) is 0 Å². The average Bonchev–Trinajstić information content (AvgIpc) is 2.61. The summed E-state index contributed by atoms with van der Waals surface area (Å²) in [5, 5.41) is 0.0821. The summed E-state index contributed by atoms with van der Waals surface area (Å²) in [7, 11) is -3.91. The molecule has 1 heterocycles. The van der Waals surface area contributed by atoms with Crippen molar-refractivity contribution in [3.8, 4) is 0 Å². The minimum atomic E-state index is -3.91. The van der Waals surface area contributed by atoms with Gasteiger partial charge in [0.05, 0.1) is 5.02 Å². The summed E-state index contributed by atoms with van der Waals surface area (Å²) in [5.74, 6) is 0.284. The third-order valence-electron chi connectivity index (χ3n) is 4.68. The zero-order valence-electron chi connectivity index (χ0n) is 15.4. The Balaban J connectivity index is 1.89. The van der Waals surface area contributed by atoms with Crippen LogP contribution >= 0.6 is 11.6 Å².